The lowest BCUT2D eigenvalue weighted by Crippen LogP contribution is -2.37. The molecule has 0 bridgehead atoms. The first kappa shape index (κ1) is 19.7. The van der Waals surface area contributed by atoms with Crippen LogP contribution in [0.1, 0.15) is 62.3 Å². The van der Waals surface area contributed by atoms with Crippen LogP contribution in [0.5, 0.6) is 0 Å². The highest BCUT2D eigenvalue weighted by molar-refractivity contribution is 7.82. The van der Waals surface area contributed by atoms with Gasteiger partial charge in [0.15, 0.2) is 0 Å². The van der Waals surface area contributed by atoms with Crippen molar-refractivity contribution in [3.05, 3.63) is 0 Å². The lowest BCUT2D eigenvalue weighted by molar-refractivity contribution is 0.379. The fraction of sp³-hybridized carbons (Fsp3) is 1.00. The Labute approximate surface area is 132 Å². The van der Waals surface area contributed by atoms with E-state index < -0.39 is 23.4 Å². The SMILES string of the molecule is CC(C)(C)C1[PH](=O)C(C(C)(C)C)[PH](=O)C(C(C)(C)C)[PH]1=O. The molecule has 0 atom stereocenters. The summed E-state index contributed by atoms with van der Waals surface area (Å²) in [7, 11) is -6.47. The minimum atomic E-state index is -2.16. The molecule has 1 aliphatic rings. The molecule has 21 heavy (non-hydrogen) atoms. The maximum atomic E-state index is 13.1. The Bertz CT molecular complexity index is 389. The largest absolute Gasteiger partial charge is 0.325 e. The summed E-state index contributed by atoms with van der Waals surface area (Å²) < 4.78 is 39.4. The van der Waals surface area contributed by atoms with Crippen molar-refractivity contribution in [2.24, 2.45) is 16.2 Å². The third-order valence-electron chi connectivity index (χ3n) is 4.31. The molecular formula is C15H33O3P3. The normalized spacial score (nSPS) is 39.3. The Morgan fingerprint density at radius 3 is 0.714 bits per heavy atom. The number of hydrogen-bond acceptors (Lipinski definition) is 3. The molecule has 0 aromatic carbocycles. The van der Waals surface area contributed by atoms with Crippen molar-refractivity contribution < 1.29 is 13.7 Å². The fourth-order valence-corrected chi connectivity index (χ4v) is 17.5. The molecule has 3 nitrogen and oxygen atoms in total. The van der Waals surface area contributed by atoms with Crippen molar-refractivity contribution >= 4 is 23.4 Å². The van der Waals surface area contributed by atoms with Gasteiger partial charge in [-0.15, -0.1) is 0 Å². The molecule has 0 unspecified atom stereocenters. The monoisotopic (exact) mass is 354 g/mol. The molecule has 0 N–H and O–H groups in total. The van der Waals surface area contributed by atoms with Crippen molar-refractivity contribution in [1.29, 1.82) is 0 Å². The maximum absolute atomic E-state index is 13.1. The van der Waals surface area contributed by atoms with Crippen LogP contribution in [0.15, 0.2) is 0 Å². The van der Waals surface area contributed by atoms with Crippen LogP contribution in [0.2, 0.25) is 0 Å². The minimum absolute atomic E-state index is 0.262. The fourth-order valence-electron chi connectivity index (χ4n) is 3.48. The van der Waals surface area contributed by atoms with Crippen LogP contribution in [0, 0.1) is 16.2 Å². The predicted molar refractivity (Wildman–Crippen MR) is 96.7 cm³/mol. The van der Waals surface area contributed by atoms with Gasteiger partial charge in [0.1, 0.15) is 0 Å². The van der Waals surface area contributed by atoms with E-state index in [0.29, 0.717) is 0 Å². The molecule has 0 spiro atoms. The summed E-state index contributed by atoms with van der Waals surface area (Å²) in [5.74, 6) is 0. The Kier molecular flexibility index (Phi) is 5.60. The lowest BCUT2D eigenvalue weighted by Gasteiger charge is -2.47. The molecule has 0 saturated carbocycles. The van der Waals surface area contributed by atoms with Gasteiger partial charge in [0, 0.05) is 0 Å². The summed E-state index contributed by atoms with van der Waals surface area (Å²) >= 11 is 0. The van der Waals surface area contributed by atoms with Gasteiger partial charge in [-0.3, -0.25) is 0 Å². The molecule has 1 heterocycles. The molecule has 1 fully saturated rings. The van der Waals surface area contributed by atoms with Gasteiger partial charge in [0.05, 0.1) is 39.6 Å². The van der Waals surface area contributed by atoms with Crippen molar-refractivity contribution in [1.82, 2.24) is 0 Å². The van der Waals surface area contributed by atoms with E-state index in [0.717, 1.165) is 0 Å². The van der Waals surface area contributed by atoms with Gasteiger partial charge in [-0.1, -0.05) is 62.3 Å². The summed E-state index contributed by atoms with van der Waals surface area (Å²) in [6.45, 7) is 18.2. The summed E-state index contributed by atoms with van der Waals surface area (Å²) in [6, 6.07) is 0. The average molecular weight is 354 g/mol. The van der Waals surface area contributed by atoms with Crippen molar-refractivity contribution in [2.45, 2.75) is 78.5 Å². The highest BCUT2D eigenvalue weighted by atomic mass is 31.2. The van der Waals surface area contributed by atoms with Crippen LogP contribution in [-0.4, -0.2) is 16.2 Å². The van der Waals surface area contributed by atoms with Gasteiger partial charge >= 0.3 is 0 Å². The van der Waals surface area contributed by atoms with Gasteiger partial charge in [-0.05, 0) is 16.2 Å². The maximum Gasteiger partial charge on any atom is 0.0967 e. The number of rotatable bonds is 0. The van der Waals surface area contributed by atoms with E-state index in [1.807, 2.05) is 62.3 Å². The molecule has 1 aliphatic heterocycles. The highest BCUT2D eigenvalue weighted by Crippen LogP contribution is 2.76. The standard InChI is InChI=1S/C15H33O3P3/c1-13(2,3)10-19(16)11(14(4,5)6)21(18)12(20(10)17)15(7,8)9/h10-12,19-21H,1-9H3. The van der Waals surface area contributed by atoms with E-state index in [2.05, 4.69) is 0 Å². The second-order valence-electron chi connectivity index (χ2n) is 9.60. The summed E-state index contributed by atoms with van der Waals surface area (Å²) in [4.78, 5) is 0. The smallest absolute Gasteiger partial charge is 0.0967 e. The Morgan fingerprint density at radius 1 is 0.476 bits per heavy atom. The first-order chi connectivity index (χ1) is 9.10. The van der Waals surface area contributed by atoms with Gasteiger partial charge in [-0.25, -0.2) is 0 Å². The third kappa shape index (κ3) is 3.97. The molecule has 0 amide bonds. The average Bonchev–Trinajstić information content (AvgIpc) is 2.07. The van der Waals surface area contributed by atoms with Crippen molar-refractivity contribution in [3.63, 3.8) is 0 Å². The molecular weight excluding hydrogens is 321 g/mol. The molecule has 1 rings (SSSR count). The Morgan fingerprint density at radius 2 is 0.619 bits per heavy atom. The van der Waals surface area contributed by atoms with Gasteiger partial charge < -0.3 is 13.7 Å². The summed E-state index contributed by atoms with van der Waals surface area (Å²) in [6.07, 6.45) is 0. The Balaban J connectivity index is 3.50. The Hall–Kier alpha value is 0.690. The second-order valence-corrected chi connectivity index (χ2v) is 17.2. The molecule has 1 saturated heterocycles. The van der Waals surface area contributed by atoms with E-state index in [1.54, 1.807) is 0 Å². The van der Waals surface area contributed by atoms with Gasteiger partial charge in [0.25, 0.3) is 0 Å². The zero-order valence-corrected chi connectivity index (χ0v) is 18.0. The van der Waals surface area contributed by atoms with Crippen LogP contribution in [0.25, 0.3) is 0 Å². The van der Waals surface area contributed by atoms with Crippen LogP contribution in [0.3, 0.4) is 0 Å². The van der Waals surface area contributed by atoms with E-state index in [4.69, 9.17) is 0 Å². The quantitative estimate of drug-likeness (QED) is 0.517. The summed E-state index contributed by atoms with van der Waals surface area (Å²) in [5, 5.41) is -0.823. The van der Waals surface area contributed by atoms with Gasteiger partial charge in [-0.2, -0.15) is 0 Å². The topological polar surface area (TPSA) is 51.2 Å². The predicted octanol–water partition coefficient (Wildman–Crippen LogP) is 5.80. The van der Waals surface area contributed by atoms with E-state index in [-0.39, 0.29) is 32.4 Å². The van der Waals surface area contributed by atoms with Crippen LogP contribution in [-0.2, 0) is 13.7 Å². The summed E-state index contributed by atoms with van der Waals surface area (Å²) in [5.41, 5.74) is -0.787. The van der Waals surface area contributed by atoms with Crippen molar-refractivity contribution in [2.75, 3.05) is 0 Å². The molecule has 6 heteroatoms. The molecule has 0 radical (unpaired) electrons. The van der Waals surface area contributed by atoms with E-state index in [1.165, 1.54) is 0 Å². The minimum Gasteiger partial charge on any atom is -0.325 e. The van der Waals surface area contributed by atoms with Crippen LogP contribution >= 0.6 is 23.4 Å². The molecule has 126 valence electrons. The van der Waals surface area contributed by atoms with Crippen LogP contribution < -0.4 is 0 Å². The first-order valence-electron chi connectivity index (χ1n) is 7.71. The zero-order valence-electron chi connectivity index (χ0n) is 15.0. The van der Waals surface area contributed by atoms with Gasteiger partial charge in [0.2, 0.25) is 0 Å². The van der Waals surface area contributed by atoms with Crippen molar-refractivity contribution in [3.8, 4) is 0 Å². The number of hydrogen-bond donors (Lipinski definition) is 0. The van der Waals surface area contributed by atoms with E-state index >= 15 is 0 Å². The zero-order chi connectivity index (χ0) is 17.0. The van der Waals surface area contributed by atoms with E-state index in [9.17, 15) is 13.7 Å². The molecule has 0 aliphatic carbocycles. The third-order valence-corrected chi connectivity index (χ3v) is 18.0. The lowest BCUT2D eigenvalue weighted by atomic mass is 9.99. The molecule has 0 aromatic heterocycles. The molecule has 0 aromatic rings. The highest BCUT2D eigenvalue weighted by Gasteiger charge is 2.55. The second kappa shape index (κ2) is 5.96. The van der Waals surface area contributed by atoms with Crippen LogP contribution in [0.4, 0.5) is 0 Å². The first-order valence-corrected chi connectivity index (χ1v) is 12.4.